The molecule has 0 aliphatic carbocycles. The number of aryl methyl sites for hydroxylation is 2. The number of aromatic nitrogens is 2. The summed E-state index contributed by atoms with van der Waals surface area (Å²) >= 11 is 1.85. The average molecular weight is 277 g/mol. The molecule has 2 rings (SSSR count). The van der Waals surface area contributed by atoms with Gasteiger partial charge in [-0.25, -0.2) is 0 Å². The molecule has 19 heavy (non-hydrogen) atoms. The molecule has 104 valence electrons. The van der Waals surface area contributed by atoms with Crippen LogP contribution in [0.2, 0.25) is 0 Å². The van der Waals surface area contributed by atoms with Crippen LogP contribution >= 0.6 is 11.3 Å². The summed E-state index contributed by atoms with van der Waals surface area (Å²) in [7, 11) is 1.98. The number of thiophene rings is 1. The van der Waals surface area contributed by atoms with Crippen LogP contribution in [-0.4, -0.2) is 16.3 Å². The number of hydrogen-bond donors (Lipinski definition) is 1. The Hall–Kier alpha value is -1.13. The molecule has 0 aromatic carbocycles. The summed E-state index contributed by atoms with van der Waals surface area (Å²) in [4.78, 5) is 1.48. The summed E-state index contributed by atoms with van der Waals surface area (Å²) in [5.41, 5.74) is 1.17. The highest BCUT2D eigenvalue weighted by molar-refractivity contribution is 7.09. The van der Waals surface area contributed by atoms with Gasteiger partial charge in [-0.15, -0.1) is 11.3 Å². The molecular formula is C15H23N3S. The SMILES string of the molecule is CCCNC(CCCc1cccs1)c1ccn(C)n1. The van der Waals surface area contributed by atoms with E-state index >= 15 is 0 Å². The summed E-state index contributed by atoms with van der Waals surface area (Å²) in [5, 5.41) is 10.3. The highest BCUT2D eigenvalue weighted by Gasteiger charge is 2.13. The van der Waals surface area contributed by atoms with E-state index in [0.717, 1.165) is 19.4 Å². The van der Waals surface area contributed by atoms with Crippen molar-refractivity contribution in [3.63, 3.8) is 0 Å². The van der Waals surface area contributed by atoms with Gasteiger partial charge in [0.05, 0.1) is 11.7 Å². The van der Waals surface area contributed by atoms with Crippen molar-refractivity contribution in [2.75, 3.05) is 6.54 Å². The van der Waals surface area contributed by atoms with E-state index in [4.69, 9.17) is 0 Å². The maximum absolute atomic E-state index is 4.54. The zero-order chi connectivity index (χ0) is 13.5. The van der Waals surface area contributed by atoms with Gasteiger partial charge < -0.3 is 5.32 Å². The minimum absolute atomic E-state index is 0.390. The van der Waals surface area contributed by atoms with Crippen molar-refractivity contribution in [1.82, 2.24) is 15.1 Å². The van der Waals surface area contributed by atoms with Gasteiger partial charge in [-0.3, -0.25) is 4.68 Å². The molecular weight excluding hydrogens is 254 g/mol. The molecule has 4 heteroatoms. The van der Waals surface area contributed by atoms with E-state index in [1.807, 2.05) is 29.3 Å². The average Bonchev–Trinajstić information content (AvgIpc) is 3.05. The third-order valence-corrected chi connectivity index (χ3v) is 4.16. The molecule has 0 saturated heterocycles. The number of nitrogens with zero attached hydrogens (tertiary/aromatic N) is 2. The first-order chi connectivity index (χ1) is 9.29. The highest BCUT2D eigenvalue weighted by atomic mass is 32.1. The summed E-state index contributed by atoms with van der Waals surface area (Å²) in [6, 6.07) is 6.87. The van der Waals surface area contributed by atoms with Gasteiger partial charge in [0.25, 0.3) is 0 Å². The molecule has 3 nitrogen and oxygen atoms in total. The first-order valence-corrected chi connectivity index (χ1v) is 7.93. The zero-order valence-electron chi connectivity index (χ0n) is 11.8. The minimum atomic E-state index is 0.390. The van der Waals surface area contributed by atoms with Gasteiger partial charge in [0.2, 0.25) is 0 Å². The lowest BCUT2D eigenvalue weighted by atomic mass is 10.1. The van der Waals surface area contributed by atoms with Crippen molar-refractivity contribution in [3.05, 3.63) is 40.3 Å². The first kappa shape index (κ1) is 14.3. The minimum Gasteiger partial charge on any atom is -0.309 e. The fourth-order valence-electron chi connectivity index (χ4n) is 2.23. The molecule has 0 saturated carbocycles. The predicted molar refractivity (Wildman–Crippen MR) is 81.5 cm³/mol. The zero-order valence-corrected chi connectivity index (χ0v) is 12.6. The Kier molecular flexibility index (Phi) is 5.61. The Balaban J connectivity index is 1.86. The molecule has 2 heterocycles. The lowest BCUT2D eigenvalue weighted by molar-refractivity contribution is 0.470. The van der Waals surface area contributed by atoms with E-state index in [1.54, 1.807) is 0 Å². The van der Waals surface area contributed by atoms with Gasteiger partial charge in [0, 0.05) is 18.1 Å². The highest BCUT2D eigenvalue weighted by Crippen LogP contribution is 2.19. The topological polar surface area (TPSA) is 29.9 Å². The van der Waals surface area contributed by atoms with Crippen molar-refractivity contribution in [2.24, 2.45) is 7.05 Å². The van der Waals surface area contributed by atoms with E-state index in [0.29, 0.717) is 6.04 Å². The van der Waals surface area contributed by atoms with Crippen LogP contribution in [0.1, 0.15) is 42.8 Å². The molecule has 0 aliphatic heterocycles. The van der Waals surface area contributed by atoms with Crippen LogP contribution < -0.4 is 5.32 Å². The van der Waals surface area contributed by atoms with Crippen LogP contribution in [0, 0.1) is 0 Å². The second kappa shape index (κ2) is 7.46. The number of rotatable bonds is 8. The van der Waals surface area contributed by atoms with Crippen LogP contribution in [0.3, 0.4) is 0 Å². The van der Waals surface area contributed by atoms with Gasteiger partial charge >= 0.3 is 0 Å². The Morgan fingerprint density at radius 1 is 1.42 bits per heavy atom. The molecule has 0 spiro atoms. The van der Waals surface area contributed by atoms with Gasteiger partial charge in [-0.2, -0.15) is 5.10 Å². The summed E-state index contributed by atoms with van der Waals surface area (Å²) < 4.78 is 1.88. The lowest BCUT2D eigenvalue weighted by Crippen LogP contribution is -2.22. The number of hydrogen-bond acceptors (Lipinski definition) is 3. The molecule has 2 aromatic rings. The summed E-state index contributed by atoms with van der Waals surface area (Å²) in [6.45, 7) is 3.26. The molecule has 0 radical (unpaired) electrons. The Labute approximate surface area is 119 Å². The van der Waals surface area contributed by atoms with Gasteiger partial charge in [-0.05, 0) is 49.7 Å². The third kappa shape index (κ3) is 4.48. The van der Waals surface area contributed by atoms with Crippen LogP contribution in [0.5, 0.6) is 0 Å². The van der Waals surface area contributed by atoms with E-state index in [1.165, 1.54) is 23.4 Å². The van der Waals surface area contributed by atoms with Crippen molar-refractivity contribution in [2.45, 2.75) is 38.6 Å². The second-order valence-electron chi connectivity index (χ2n) is 4.89. The molecule has 1 atom stereocenters. The van der Waals surface area contributed by atoms with Crippen molar-refractivity contribution < 1.29 is 0 Å². The normalized spacial score (nSPS) is 12.7. The maximum atomic E-state index is 4.54. The van der Waals surface area contributed by atoms with Gasteiger partial charge in [-0.1, -0.05) is 13.0 Å². The van der Waals surface area contributed by atoms with Crippen LogP contribution in [0.15, 0.2) is 29.8 Å². The van der Waals surface area contributed by atoms with Gasteiger partial charge in [0.1, 0.15) is 0 Å². The molecule has 1 unspecified atom stereocenters. The quantitative estimate of drug-likeness (QED) is 0.800. The Morgan fingerprint density at radius 2 is 2.32 bits per heavy atom. The first-order valence-electron chi connectivity index (χ1n) is 7.05. The lowest BCUT2D eigenvalue weighted by Gasteiger charge is -2.16. The van der Waals surface area contributed by atoms with Crippen molar-refractivity contribution >= 4 is 11.3 Å². The monoisotopic (exact) mass is 277 g/mol. The van der Waals surface area contributed by atoms with Gasteiger partial charge in [0.15, 0.2) is 0 Å². The molecule has 2 aromatic heterocycles. The molecule has 0 bridgehead atoms. The second-order valence-corrected chi connectivity index (χ2v) is 5.92. The maximum Gasteiger partial charge on any atom is 0.0793 e. The smallest absolute Gasteiger partial charge is 0.0793 e. The third-order valence-electron chi connectivity index (χ3n) is 3.23. The molecule has 0 aliphatic rings. The van der Waals surface area contributed by atoms with Crippen molar-refractivity contribution in [1.29, 1.82) is 0 Å². The molecule has 0 amide bonds. The predicted octanol–water partition coefficient (Wildman–Crippen LogP) is 3.55. The van der Waals surface area contributed by atoms with Crippen LogP contribution in [-0.2, 0) is 13.5 Å². The fraction of sp³-hybridized carbons (Fsp3) is 0.533. The standard InChI is InChI=1S/C15H23N3S/c1-3-10-16-14(15-9-11-18(2)17-15)8-4-6-13-7-5-12-19-13/h5,7,9,11-12,14,16H,3-4,6,8,10H2,1-2H3. The van der Waals surface area contributed by atoms with Crippen LogP contribution in [0.25, 0.3) is 0 Å². The van der Waals surface area contributed by atoms with E-state index < -0.39 is 0 Å². The van der Waals surface area contributed by atoms with E-state index in [-0.39, 0.29) is 0 Å². The van der Waals surface area contributed by atoms with Crippen LogP contribution in [0.4, 0.5) is 0 Å². The Bertz CT molecular complexity index is 461. The summed E-state index contributed by atoms with van der Waals surface area (Å²) in [6.07, 6.45) is 6.71. The molecule has 1 N–H and O–H groups in total. The van der Waals surface area contributed by atoms with E-state index in [2.05, 4.69) is 40.9 Å². The Morgan fingerprint density at radius 3 is 2.95 bits per heavy atom. The van der Waals surface area contributed by atoms with E-state index in [9.17, 15) is 0 Å². The van der Waals surface area contributed by atoms with Crippen molar-refractivity contribution in [3.8, 4) is 0 Å². The fourth-order valence-corrected chi connectivity index (χ4v) is 2.98. The summed E-state index contributed by atoms with van der Waals surface area (Å²) in [5.74, 6) is 0. The largest absolute Gasteiger partial charge is 0.309 e. The number of nitrogens with one attached hydrogen (secondary N) is 1. The molecule has 0 fully saturated rings.